The van der Waals surface area contributed by atoms with Crippen LogP contribution < -0.4 is 10.1 Å². The van der Waals surface area contributed by atoms with Crippen molar-refractivity contribution in [2.24, 2.45) is 0 Å². The third kappa shape index (κ3) is 5.46. The summed E-state index contributed by atoms with van der Waals surface area (Å²) in [6.07, 6.45) is 0.292. The summed E-state index contributed by atoms with van der Waals surface area (Å²) in [6.45, 7) is 0.472. The molecule has 0 spiro atoms. The van der Waals surface area contributed by atoms with Crippen molar-refractivity contribution in [2.75, 3.05) is 7.11 Å². The predicted octanol–water partition coefficient (Wildman–Crippen LogP) is 6.09. The Bertz CT molecular complexity index is 1490. The van der Waals surface area contributed by atoms with Gasteiger partial charge in [-0.25, -0.2) is 4.79 Å². The van der Waals surface area contributed by atoms with Crippen LogP contribution in [0.3, 0.4) is 0 Å². The summed E-state index contributed by atoms with van der Waals surface area (Å²) in [4.78, 5) is 26.3. The van der Waals surface area contributed by atoms with Crippen molar-refractivity contribution in [1.29, 1.82) is 0 Å². The van der Waals surface area contributed by atoms with E-state index >= 15 is 0 Å². The second kappa shape index (κ2) is 11.0. The Morgan fingerprint density at radius 2 is 1.32 bits per heavy atom. The number of amides is 1. The van der Waals surface area contributed by atoms with Gasteiger partial charge in [-0.3, -0.25) is 4.79 Å². The third-order valence-corrected chi connectivity index (χ3v) is 6.40. The zero-order valence-electron chi connectivity index (χ0n) is 20.5. The molecule has 0 aliphatic rings. The molecule has 5 heteroatoms. The van der Waals surface area contributed by atoms with Crippen LogP contribution in [-0.2, 0) is 22.6 Å². The lowest BCUT2D eigenvalue weighted by molar-refractivity contribution is -0.142. The summed E-state index contributed by atoms with van der Waals surface area (Å²) in [7, 11) is 1.33. The Hall–Kier alpha value is -4.64. The van der Waals surface area contributed by atoms with E-state index in [9.17, 15) is 9.59 Å². The number of benzene rings is 5. The minimum Gasteiger partial charge on any atom is -0.489 e. The first kappa shape index (κ1) is 24.1. The van der Waals surface area contributed by atoms with Crippen molar-refractivity contribution in [3.8, 4) is 5.75 Å². The second-order valence-electron chi connectivity index (χ2n) is 8.87. The SMILES string of the molecule is COC(=O)[C@@H](Cc1ccc(OCc2ccccc2)cc1)NC(=O)c1c2ccccc2cc2ccccc12. The van der Waals surface area contributed by atoms with Crippen LogP contribution in [0.15, 0.2) is 109 Å². The van der Waals surface area contributed by atoms with Gasteiger partial charge in [-0.05, 0) is 50.9 Å². The molecule has 0 saturated carbocycles. The highest BCUT2D eigenvalue weighted by Crippen LogP contribution is 2.28. The summed E-state index contributed by atoms with van der Waals surface area (Å²) >= 11 is 0. The van der Waals surface area contributed by atoms with Crippen LogP contribution in [-0.4, -0.2) is 25.0 Å². The number of ether oxygens (including phenoxy) is 2. The van der Waals surface area contributed by atoms with E-state index in [2.05, 4.69) is 11.4 Å². The summed E-state index contributed by atoms with van der Waals surface area (Å²) in [5.41, 5.74) is 2.51. The largest absolute Gasteiger partial charge is 0.489 e. The van der Waals surface area contributed by atoms with Gasteiger partial charge in [-0.1, -0.05) is 91.0 Å². The Morgan fingerprint density at radius 3 is 1.95 bits per heavy atom. The summed E-state index contributed by atoms with van der Waals surface area (Å²) in [5, 5.41) is 6.53. The van der Waals surface area contributed by atoms with Crippen molar-refractivity contribution in [3.63, 3.8) is 0 Å². The lowest BCUT2D eigenvalue weighted by Crippen LogP contribution is -2.43. The molecule has 1 N–H and O–H groups in total. The van der Waals surface area contributed by atoms with E-state index in [0.29, 0.717) is 18.6 Å². The molecule has 37 heavy (non-hydrogen) atoms. The fraction of sp³-hybridized carbons (Fsp3) is 0.125. The molecule has 0 aromatic heterocycles. The molecular formula is C32H27NO4. The number of hydrogen-bond donors (Lipinski definition) is 1. The molecule has 0 aliphatic carbocycles. The molecule has 1 amide bonds. The molecule has 0 bridgehead atoms. The molecule has 0 radical (unpaired) electrons. The molecule has 0 saturated heterocycles. The van der Waals surface area contributed by atoms with Crippen LogP contribution in [0.25, 0.3) is 21.5 Å². The van der Waals surface area contributed by atoms with Crippen molar-refractivity contribution in [2.45, 2.75) is 19.1 Å². The van der Waals surface area contributed by atoms with E-state index in [0.717, 1.165) is 38.4 Å². The summed E-state index contributed by atoms with van der Waals surface area (Å²) < 4.78 is 10.9. The van der Waals surface area contributed by atoms with Crippen molar-refractivity contribution >= 4 is 33.4 Å². The van der Waals surface area contributed by atoms with Gasteiger partial charge in [0.15, 0.2) is 0 Å². The lowest BCUT2D eigenvalue weighted by Gasteiger charge is -2.19. The van der Waals surface area contributed by atoms with Gasteiger partial charge in [0.2, 0.25) is 0 Å². The molecule has 5 rings (SSSR count). The van der Waals surface area contributed by atoms with Gasteiger partial charge in [0.25, 0.3) is 5.91 Å². The van der Waals surface area contributed by atoms with E-state index < -0.39 is 12.0 Å². The molecule has 1 atom stereocenters. The van der Waals surface area contributed by atoms with Crippen molar-refractivity contribution in [3.05, 3.63) is 126 Å². The van der Waals surface area contributed by atoms with Gasteiger partial charge in [0.1, 0.15) is 18.4 Å². The molecule has 0 fully saturated rings. The first-order chi connectivity index (χ1) is 18.1. The number of hydrogen-bond acceptors (Lipinski definition) is 4. The van der Waals surface area contributed by atoms with Crippen LogP contribution in [0.4, 0.5) is 0 Å². The monoisotopic (exact) mass is 489 g/mol. The van der Waals surface area contributed by atoms with Gasteiger partial charge in [0.05, 0.1) is 12.7 Å². The zero-order valence-corrected chi connectivity index (χ0v) is 20.5. The Morgan fingerprint density at radius 1 is 0.730 bits per heavy atom. The normalized spacial score (nSPS) is 11.7. The predicted molar refractivity (Wildman–Crippen MR) is 146 cm³/mol. The standard InChI is InChI=1S/C32H27NO4/c1-36-32(35)29(19-22-15-17-26(18-16-22)37-21-23-9-3-2-4-10-23)33-31(34)30-27-13-7-5-11-24(27)20-25-12-6-8-14-28(25)30/h2-18,20,29H,19,21H2,1H3,(H,33,34)/t29-/m1/s1. The quantitative estimate of drug-likeness (QED) is 0.212. The van der Waals surface area contributed by atoms with E-state index in [1.54, 1.807) is 0 Å². The molecule has 0 aliphatic heterocycles. The van der Waals surface area contributed by atoms with Crippen LogP contribution in [0.1, 0.15) is 21.5 Å². The number of nitrogens with one attached hydrogen (secondary N) is 1. The van der Waals surface area contributed by atoms with Gasteiger partial charge < -0.3 is 14.8 Å². The highest BCUT2D eigenvalue weighted by molar-refractivity contribution is 6.18. The van der Waals surface area contributed by atoms with Crippen LogP contribution in [0.5, 0.6) is 5.75 Å². The molecular weight excluding hydrogens is 462 g/mol. The van der Waals surface area contributed by atoms with E-state index in [1.165, 1.54) is 7.11 Å². The fourth-order valence-electron chi connectivity index (χ4n) is 4.52. The minimum absolute atomic E-state index is 0.292. The summed E-state index contributed by atoms with van der Waals surface area (Å²) in [5.74, 6) is -0.0815. The maximum Gasteiger partial charge on any atom is 0.328 e. The number of esters is 1. The average molecular weight is 490 g/mol. The van der Waals surface area contributed by atoms with Crippen molar-refractivity contribution in [1.82, 2.24) is 5.32 Å². The number of methoxy groups -OCH3 is 1. The molecule has 0 unspecified atom stereocenters. The second-order valence-corrected chi connectivity index (χ2v) is 8.87. The van der Waals surface area contributed by atoms with Gasteiger partial charge in [0, 0.05) is 6.42 Å². The molecule has 184 valence electrons. The molecule has 5 aromatic carbocycles. The Labute approximate surface area is 215 Å². The van der Waals surface area contributed by atoms with E-state index in [4.69, 9.17) is 9.47 Å². The fourth-order valence-corrected chi connectivity index (χ4v) is 4.52. The van der Waals surface area contributed by atoms with E-state index in [1.807, 2.05) is 103 Å². The van der Waals surface area contributed by atoms with Gasteiger partial charge in [-0.15, -0.1) is 0 Å². The van der Waals surface area contributed by atoms with Crippen LogP contribution in [0, 0.1) is 0 Å². The average Bonchev–Trinajstić information content (AvgIpc) is 2.95. The highest BCUT2D eigenvalue weighted by atomic mass is 16.5. The third-order valence-electron chi connectivity index (χ3n) is 6.40. The van der Waals surface area contributed by atoms with Gasteiger partial charge >= 0.3 is 5.97 Å². The maximum atomic E-state index is 13.6. The Kier molecular flexibility index (Phi) is 7.13. The topological polar surface area (TPSA) is 64.6 Å². The lowest BCUT2D eigenvalue weighted by atomic mass is 9.95. The zero-order chi connectivity index (χ0) is 25.6. The van der Waals surface area contributed by atoms with Gasteiger partial charge in [-0.2, -0.15) is 0 Å². The first-order valence-electron chi connectivity index (χ1n) is 12.2. The highest BCUT2D eigenvalue weighted by Gasteiger charge is 2.24. The minimum atomic E-state index is -0.841. The number of carbonyl (C=O) groups excluding carboxylic acids is 2. The van der Waals surface area contributed by atoms with Crippen molar-refractivity contribution < 1.29 is 19.1 Å². The number of fused-ring (bicyclic) bond motifs is 2. The summed E-state index contributed by atoms with van der Waals surface area (Å²) in [6, 6.07) is 34.2. The van der Waals surface area contributed by atoms with Crippen LogP contribution in [0.2, 0.25) is 0 Å². The molecule has 0 heterocycles. The van der Waals surface area contributed by atoms with Crippen LogP contribution >= 0.6 is 0 Å². The smallest absolute Gasteiger partial charge is 0.328 e. The maximum absolute atomic E-state index is 13.6. The number of rotatable bonds is 8. The first-order valence-corrected chi connectivity index (χ1v) is 12.2. The molecule has 5 nitrogen and oxygen atoms in total. The van der Waals surface area contributed by atoms with E-state index in [-0.39, 0.29) is 5.91 Å². The number of carbonyl (C=O) groups is 2. The Balaban J connectivity index is 1.36. The molecule has 5 aromatic rings.